The Morgan fingerprint density at radius 3 is 2.46 bits per heavy atom. The number of aryl methyl sites for hydroxylation is 3. The Morgan fingerprint density at radius 1 is 1.00 bits per heavy atom. The number of methoxy groups -OCH3 is 2. The molecule has 0 saturated carbocycles. The highest BCUT2D eigenvalue weighted by atomic mass is 16.5. The molecule has 4 aromatic rings. The van der Waals surface area contributed by atoms with Crippen LogP contribution in [-0.4, -0.2) is 29.3 Å². The van der Waals surface area contributed by atoms with E-state index in [1.54, 1.807) is 14.2 Å². The number of nitrogens with zero attached hydrogens (tertiary/aromatic N) is 2. The van der Waals surface area contributed by atoms with Gasteiger partial charge < -0.3 is 19.0 Å². The number of ether oxygens (including phenoxy) is 2. The molecule has 0 spiro atoms. The zero-order valence-electron chi connectivity index (χ0n) is 21.2. The summed E-state index contributed by atoms with van der Waals surface area (Å²) >= 11 is 0. The minimum atomic E-state index is 0.265. The van der Waals surface area contributed by atoms with Crippen molar-refractivity contribution in [3.63, 3.8) is 0 Å². The summed E-state index contributed by atoms with van der Waals surface area (Å²) in [5, 5.41) is 4.54. The van der Waals surface area contributed by atoms with Crippen LogP contribution >= 0.6 is 0 Å². The third-order valence-corrected chi connectivity index (χ3v) is 6.98. The van der Waals surface area contributed by atoms with Crippen LogP contribution in [0, 0.1) is 0 Å². The molecule has 0 atom stereocenters. The second-order valence-electron chi connectivity index (χ2n) is 9.49. The summed E-state index contributed by atoms with van der Waals surface area (Å²) in [5.74, 6) is 3.13. The normalized spacial score (nSPS) is 13.2. The largest absolute Gasteiger partial charge is 0.496 e. The molecule has 182 valence electrons. The Labute approximate surface area is 206 Å². The Hall–Kier alpha value is -3.54. The molecule has 0 saturated heterocycles. The molecule has 2 aromatic heterocycles. The molecule has 0 aliphatic heterocycles. The predicted molar refractivity (Wildman–Crippen MR) is 138 cm³/mol. The van der Waals surface area contributed by atoms with Crippen LogP contribution in [0.4, 0.5) is 0 Å². The Morgan fingerprint density at radius 2 is 1.77 bits per heavy atom. The first-order valence-electron chi connectivity index (χ1n) is 12.5. The first-order chi connectivity index (χ1) is 17.0. The summed E-state index contributed by atoms with van der Waals surface area (Å²) in [5.41, 5.74) is 8.56. The molecule has 5 rings (SSSR count). The molecule has 0 bridgehead atoms. The van der Waals surface area contributed by atoms with Gasteiger partial charge in [-0.1, -0.05) is 44.1 Å². The van der Waals surface area contributed by atoms with Crippen molar-refractivity contribution in [3.05, 3.63) is 58.9 Å². The van der Waals surface area contributed by atoms with E-state index in [0.717, 1.165) is 53.0 Å². The van der Waals surface area contributed by atoms with Crippen LogP contribution in [0.5, 0.6) is 11.5 Å². The first-order valence-corrected chi connectivity index (χ1v) is 12.5. The highest BCUT2D eigenvalue weighted by Crippen LogP contribution is 2.46. The van der Waals surface area contributed by atoms with Gasteiger partial charge in [0.05, 0.1) is 25.3 Å². The molecule has 35 heavy (non-hydrogen) atoms. The lowest BCUT2D eigenvalue weighted by Gasteiger charge is -2.18. The molecule has 2 aromatic carbocycles. The van der Waals surface area contributed by atoms with E-state index in [1.165, 1.54) is 24.0 Å². The van der Waals surface area contributed by atoms with E-state index in [0.29, 0.717) is 23.0 Å². The van der Waals surface area contributed by atoms with Crippen LogP contribution in [0.2, 0.25) is 0 Å². The van der Waals surface area contributed by atoms with Crippen LogP contribution in [0.1, 0.15) is 61.9 Å². The molecule has 1 N–H and O–H groups in total. The third-order valence-electron chi connectivity index (χ3n) is 6.98. The van der Waals surface area contributed by atoms with Crippen molar-refractivity contribution in [3.8, 4) is 45.5 Å². The zero-order chi connectivity index (χ0) is 24.5. The highest BCUT2D eigenvalue weighted by Gasteiger charge is 2.27. The minimum Gasteiger partial charge on any atom is -0.496 e. The van der Waals surface area contributed by atoms with Crippen molar-refractivity contribution < 1.29 is 14.0 Å². The Kier molecular flexibility index (Phi) is 6.37. The van der Waals surface area contributed by atoms with Crippen LogP contribution < -0.4 is 9.47 Å². The number of aromatic nitrogens is 3. The molecule has 1 aliphatic rings. The first kappa shape index (κ1) is 23.2. The van der Waals surface area contributed by atoms with E-state index in [9.17, 15) is 0 Å². The summed E-state index contributed by atoms with van der Waals surface area (Å²) in [6.45, 7) is 6.41. The third kappa shape index (κ3) is 4.22. The van der Waals surface area contributed by atoms with Crippen LogP contribution in [0.15, 0.2) is 41.1 Å². The SMILES string of the molecule is CCc1cnc(-c2noc(-c3cc(C(C)C)c(OC)cc3OC)c2-c2ccc3c(c2)CCCC3)[nH]1. The molecule has 6 nitrogen and oxygen atoms in total. The number of imidazole rings is 1. The van der Waals surface area contributed by atoms with Gasteiger partial charge in [0, 0.05) is 18.0 Å². The van der Waals surface area contributed by atoms with Gasteiger partial charge in [-0.25, -0.2) is 4.98 Å². The van der Waals surface area contributed by atoms with Crippen molar-refractivity contribution in [2.24, 2.45) is 0 Å². The lowest BCUT2D eigenvalue weighted by molar-refractivity contribution is 0.387. The van der Waals surface area contributed by atoms with Gasteiger partial charge in [-0.3, -0.25) is 0 Å². The maximum Gasteiger partial charge on any atom is 0.179 e. The average Bonchev–Trinajstić information content (AvgIpc) is 3.54. The van der Waals surface area contributed by atoms with Crippen LogP contribution in [0.25, 0.3) is 34.0 Å². The maximum atomic E-state index is 6.10. The van der Waals surface area contributed by atoms with E-state index < -0.39 is 0 Å². The fraction of sp³-hybridized carbons (Fsp3) is 0.379. The molecule has 6 heteroatoms. The predicted octanol–water partition coefficient (Wildman–Crippen LogP) is 6.98. The molecule has 0 unspecified atom stereocenters. The lowest BCUT2D eigenvalue weighted by Crippen LogP contribution is -2.02. The van der Waals surface area contributed by atoms with Crippen molar-refractivity contribution in [1.29, 1.82) is 0 Å². The van der Waals surface area contributed by atoms with E-state index >= 15 is 0 Å². The fourth-order valence-corrected chi connectivity index (χ4v) is 5.00. The van der Waals surface area contributed by atoms with Crippen molar-refractivity contribution in [2.75, 3.05) is 14.2 Å². The van der Waals surface area contributed by atoms with Crippen LogP contribution in [-0.2, 0) is 19.3 Å². The van der Waals surface area contributed by atoms with Crippen LogP contribution in [0.3, 0.4) is 0 Å². The molecule has 1 aliphatic carbocycles. The molecule has 0 radical (unpaired) electrons. The number of H-pyrrole nitrogens is 1. The minimum absolute atomic E-state index is 0.265. The summed E-state index contributed by atoms with van der Waals surface area (Å²) in [6.07, 6.45) is 7.45. The Bertz CT molecular complexity index is 1350. The quantitative estimate of drug-likeness (QED) is 0.315. The number of hydrogen-bond acceptors (Lipinski definition) is 5. The molecular weight excluding hydrogens is 438 g/mol. The molecule has 2 heterocycles. The summed E-state index contributed by atoms with van der Waals surface area (Å²) < 4.78 is 17.6. The number of nitrogens with one attached hydrogen (secondary N) is 1. The number of aromatic amines is 1. The summed E-state index contributed by atoms with van der Waals surface area (Å²) in [6, 6.07) is 10.8. The smallest absolute Gasteiger partial charge is 0.179 e. The van der Waals surface area contributed by atoms with Crippen molar-refractivity contribution >= 4 is 0 Å². The van der Waals surface area contributed by atoms with Gasteiger partial charge in [0.1, 0.15) is 11.5 Å². The second kappa shape index (κ2) is 9.61. The summed E-state index contributed by atoms with van der Waals surface area (Å²) in [4.78, 5) is 8.03. The van der Waals surface area contributed by atoms with E-state index in [4.69, 9.17) is 14.0 Å². The van der Waals surface area contributed by atoms with E-state index in [2.05, 4.69) is 60.2 Å². The van der Waals surface area contributed by atoms with Gasteiger partial charge >= 0.3 is 0 Å². The molecule has 0 fully saturated rings. The standard InChI is InChI=1S/C29H33N3O3/c1-6-21-16-30-29(31-21)27-26(20-12-11-18-9-7-8-10-19(18)13-20)28(35-32-27)23-14-22(17(2)3)24(33-4)15-25(23)34-5/h11-17H,6-10H2,1-5H3,(H,30,31). The summed E-state index contributed by atoms with van der Waals surface area (Å²) in [7, 11) is 3.36. The van der Waals surface area contributed by atoms with Crippen molar-refractivity contribution in [2.45, 2.75) is 58.8 Å². The highest BCUT2D eigenvalue weighted by molar-refractivity contribution is 5.91. The zero-order valence-corrected chi connectivity index (χ0v) is 21.2. The van der Waals surface area contributed by atoms with Gasteiger partial charge in [0.15, 0.2) is 17.3 Å². The monoisotopic (exact) mass is 471 g/mol. The molecular formula is C29H33N3O3. The second-order valence-corrected chi connectivity index (χ2v) is 9.49. The van der Waals surface area contributed by atoms with Gasteiger partial charge in [-0.2, -0.15) is 0 Å². The Balaban J connectivity index is 1.76. The topological polar surface area (TPSA) is 73.2 Å². The lowest BCUT2D eigenvalue weighted by atomic mass is 9.88. The number of rotatable bonds is 7. The number of benzene rings is 2. The fourth-order valence-electron chi connectivity index (χ4n) is 5.00. The van der Waals surface area contributed by atoms with Gasteiger partial charge in [-0.15, -0.1) is 0 Å². The molecule has 0 amide bonds. The van der Waals surface area contributed by atoms with Crippen molar-refractivity contribution in [1.82, 2.24) is 15.1 Å². The van der Waals surface area contributed by atoms with E-state index in [-0.39, 0.29) is 5.92 Å². The number of hydrogen-bond donors (Lipinski definition) is 1. The number of fused-ring (bicyclic) bond motifs is 1. The van der Waals surface area contributed by atoms with E-state index in [1.807, 2.05) is 12.3 Å². The average molecular weight is 472 g/mol. The van der Waals surface area contributed by atoms with Gasteiger partial charge in [-0.05, 0) is 66.3 Å². The van der Waals surface area contributed by atoms with Gasteiger partial charge in [0.25, 0.3) is 0 Å². The maximum absolute atomic E-state index is 6.10. The van der Waals surface area contributed by atoms with Gasteiger partial charge in [0.2, 0.25) is 0 Å².